The van der Waals surface area contributed by atoms with Gasteiger partial charge in [-0.25, -0.2) is 4.79 Å². The van der Waals surface area contributed by atoms with Crippen LogP contribution in [-0.4, -0.2) is 49.1 Å². The number of rotatable bonds is 7. The van der Waals surface area contributed by atoms with Crippen LogP contribution < -0.4 is 5.32 Å². The molecule has 0 aliphatic heterocycles. The van der Waals surface area contributed by atoms with Crippen LogP contribution in [0.15, 0.2) is 42.5 Å². The molecule has 2 aromatic rings. The fourth-order valence-electron chi connectivity index (χ4n) is 2.93. The number of amides is 2. The van der Waals surface area contributed by atoms with Crippen molar-refractivity contribution in [1.29, 1.82) is 0 Å². The zero-order valence-corrected chi connectivity index (χ0v) is 15.2. The molecule has 4 nitrogen and oxygen atoms in total. The lowest BCUT2D eigenvalue weighted by atomic mass is 10.00. The third-order valence-electron chi connectivity index (χ3n) is 4.62. The Morgan fingerprint density at radius 2 is 1.71 bits per heavy atom. The maximum absolute atomic E-state index is 12.4. The third kappa shape index (κ3) is 4.48. The van der Waals surface area contributed by atoms with E-state index in [-0.39, 0.29) is 12.1 Å². The lowest BCUT2D eigenvalue weighted by Gasteiger charge is -2.25. The summed E-state index contributed by atoms with van der Waals surface area (Å²) in [6.45, 7) is 9.99. The smallest absolute Gasteiger partial charge is 0.317 e. The molecule has 4 heteroatoms. The van der Waals surface area contributed by atoms with E-state index >= 15 is 0 Å². The highest BCUT2D eigenvalue weighted by molar-refractivity contribution is 5.86. The minimum absolute atomic E-state index is 0.0254. The van der Waals surface area contributed by atoms with E-state index in [4.69, 9.17) is 0 Å². The van der Waals surface area contributed by atoms with Gasteiger partial charge in [0.15, 0.2) is 0 Å². The molecule has 0 radical (unpaired) electrons. The maximum Gasteiger partial charge on any atom is 0.317 e. The molecule has 0 aliphatic carbocycles. The zero-order chi connectivity index (χ0) is 17.5. The lowest BCUT2D eigenvalue weighted by Crippen LogP contribution is -2.42. The van der Waals surface area contributed by atoms with E-state index in [2.05, 4.69) is 48.3 Å². The number of nitrogens with zero attached hydrogens (tertiary/aromatic N) is 2. The number of urea groups is 1. The van der Waals surface area contributed by atoms with E-state index < -0.39 is 0 Å². The molecule has 0 saturated carbocycles. The Morgan fingerprint density at radius 3 is 2.42 bits per heavy atom. The van der Waals surface area contributed by atoms with Crippen molar-refractivity contribution in [2.45, 2.75) is 26.8 Å². The highest BCUT2D eigenvalue weighted by Gasteiger charge is 2.15. The molecule has 130 valence electrons. The van der Waals surface area contributed by atoms with Crippen molar-refractivity contribution in [3.63, 3.8) is 0 Å². The van der Waals surface area contributed by atoms with Crippen molar-refractivity contribution in [2.75, 3.05) is 33.2 Å². The molecule has 0 fully saturated rings. The summed E-state index contributed by atoms with van der Waals surface area (Å²) in [4.78, 5) is 16.5. The Hall–Kier alpha value is -2.07. The van der Waals surface area contributed by atoms with Crippen molar-refractivity contribution in [3.05, 3.63) is 48.0 Å². The Bertz CT molecular complexity index is 661. The first-order valence-electron chi connectivity index (χ1n) is 8.78. The second kappa shape index (κ2) is 8.69. The van der Waals surface area contributed by atoms with Crippen molar-refractivity contribution >= 4 is 16.8 Å². The van der Waals surface area contributed by atoms with Gasteiger partial charge in [-0.15, -0.1) is 0 Å². The molecule has 0 saturated heterocycles. The largest absolute Gasteiger partial charge is 0.331 e. The number of nitrogens with one attached hydrogen (secondary N) is 1. The summed E-state index contributed by atoms with van der Waals surface area (Å²) in [5.74, 6) is 0. The molecule has 2 amide bonds. The molecular weight excluding hydrogens is 298 g/mol. The standard InChI is InChI=1S/C20H29N3O/c1-5-23(6-2)15-14-22(4)20(24)21-16(3)18-13-9-11-17-10-7-8-12-19(17)18/h7-13,16H,5-6,14-15H2,1-4H3,(H,21,24)/t16-/m0/s1. The Morgan fingerprint density at radius 1 is 1.04 bits per heavy atom. The number of hydrogen-bond acceptors (Lipinski definition) is 2. The molecule has 24 heavy (non-hydrogen) atoms. The SMILES string of the molecule is CCN(CC)CCN(C)C(=O)N[C@@H](C)c1cccc2ccccc12. The number of fused-ring (bicyclic) bond motifs is 1. The highest BCUT2D eigenvalue weighted by atomic mass is 16.2. The normalized spacial score (nSPS) is 12.4. The second-order valence-electron chi connectivity index (χ2n) is 6.19. The first-order chi connectivity index (χ1) is 11.6. The minimum atomic E-state index is -0.0282. The molecule has 0 bridgehead atoms. The van der Waals surface area contributed by atoms with Gasteiger partial charge >= 0.3 is 6.03 Å². The van der Waals surface area contributed by atoms with Crippen LogP contribution in [0.4, 0.5) is 4.79 Å². The van der Waals surface area contributed by atoms with Gasteiger partial charge < -0.3 is 15.1 Å². The lowest BCUT2D eigenvalue weighted by molar-refractivity contribution is 0.195. The van der Waals surface area contributed by atoms with Crippen LogP contribution in [0.3, 0.4) is 0 Å². The van der Waals surface area contributed by atoms with Gasteiger partial charge in [-0.1, -0.05) is 56.3 Å². The molecule has 0 aromatic heterocycles. The van der Waals surface area contributed by atoms with E-state index in [1.807, 2.05) is 32.2 Å². The number of likely N-dealkylation sites (N-methyl/N-ethyl adjacent to an activating group) is 2. The molecule has 0 heterocycles. The van der Waals surface area contributed by atoms with Crippen molar-refractivity contribution in [1.82, 2.24) is 15.1 Å². The number of carbonyl (C=O) groups excluding carboxylic acids is 1. The predicted octanol–water partition coefficient (Wildman–Crippen LogP) is 3.88. The Labute approximate surface area is 145 Å². The monoisotopic (exact) mass is 327 g/mol. The van der Waals surface area contributed by atoms with Crippen LogP contribution in [-0.2, 0) is 0 Å². The number of hydrogen-bond donors (Lipinski definition) is 1. The van der Waals surface area contributed by atoms with Crippen LogP contribution >= 0.6 is 0 Å². The van der Waals surface area contributed by atoms with Crippen molar-refractivity contribution in [3.8, 4) is 0 Å². The fourth-order valence-corrected chi connectivity index (χ4v) is 2.93. The average molecular weight is 327 g/mol. The Balaban J connectivity index is 2.00. The zero-order valence-electron chi connectivity index (χ0n) is 15.2. The van der Waals surface area contributed by atoms with E-state index in [0.717, 1.165) is 31.7 Å². The van der Waals surface area contributed by atoms with Crippen LogP contribution in [0.2, 0.25) is 0 Å². The number of benzene rings is 2. The van der Waals surface area contributed by atoms with Gasteiger partial charge in [-0.2, -0.15) is 0 Å². The summed E-state index contributed by atoms with van der Waals surface area (Å²) < 4.78 is 0. The number of carbonyl (C=O) groups is 1. The van der Waals surface area contributed by atoms with E-state index in [0.29, 0.717) is 0 Å². The van der Waals surface area contributed by atoms with Gasteiger partial charge in [0.1, 0.15) is 0 Å². The molecule has 0 unspecified atom stereocenters. The second-order valence-corrected chi connectivity index (χ2v) is 6.19. The summed E-state index contributed by atoms with van der Waals surface area (Å²) >= 11 is 0. The quantitative estimate of drug-likeness (QED) is 0.837. The van der Waals surface area contributed by atoms with E-state index in [1.54, 1.807) is 4.90 Å². The van der Waals surface area contributed by atoms with Gasteiger partial charge in [0.2, 0.25) is 0 Å². The van der Waals surface area contributed by atoms with Gasteiger partial charge in [0, 0.05) is 20.1 Å². The molecule has 1 N–H and O–H groups in total. The topological polar surface area (TPSA) is 35.6 Å². The summed E-state index contributed by atoms with van der Waals surface area (Å²) in [5.41, 5.74) is 1.15. The summed E-state index contributed by atoms with van der Waals surface area (Å²) in [6.07, 6.45) is 0. The maximum atomic E-state index is 12.4. The van der Waals surface area contributed by atoms with Gasteiger partial charge in [0.25, 0.3) is 0 Å². The third-order valence-corrected chi connectivity index (χ3v) is 4.62. The van der Waals surface area contributed by atoms with Crippen LogP contribution in [0.5, 0.6) is 0 Å². The van der Waals surface area contributed by atoms with Crippen LogP contribution in [0.25, 0.3) is 10.8 Å². The first-order valence-corrected chi connectivity index (χ1v) is 8.78. The molecule has 2 rings (SSSR count). The van der Waals surface area contributed by atoms with Gasteiger partial charge in [-0.3, -0.25) is 0 Å². The fraction of sp³-hybridized carbons (Fsp3) is 0.450. The van der Waals surface area contributed by atoms with Gasteiger partial charge in [-0.05, 0) is 36.3 Å². The van der Waals surface area contributed by atoms with Crippen LogP contribution in [0.1, 0.15) is 32.4 Å². The molecule has 1 atom stereocenters. The van der Waals surface area contributed by atoms with Crippen molar-refractivity contribution < 1.29 is 4.79 Å². The van der Waals surface area contributed by atoms with Gasteiger partial charge in [0.05, 0.1) is 6.04 Å². The summed E-state index contributed by atoms with van der Waals surface area (Å²) in [7, 11) is 1.86. The molecule has 2 aromatic carbocycles. The van der Waals surface area contributed by atoms with Crippen LogP contribution in [0, 0.1) is 0 Å². The average Bonchev–Trinajstić information content (AvgIpc) is 2.61. The van der Waals surface area contributed by atoms with E-state index in [9.17, 15) is 4.79 Å². The summed E-state index contributed by atoms with van der Waals surface area (Å²) in [6, 6.07) is 14.5. The van der Waals surface area contributed by atoms with E-state index in [1.165, 1.54) is 10.8 Å². The minimum Gasteiger partial charge on any atom is -0.331 e. The highest BCUT2D eigenvalue weighted by Crippen LogP contribution is 2.24. The Kier molecular flexibility index (Phi) is 6.62. The first kappa shape index (κ1) is 18.3. The summed E-state index contributed by atoms with van der Waals surface area (Å²) in [5, 5.41) is 5.51. The molecule has 0 aliphatic rings. The van der Waals surface area contributed by atoms with Crippen molar-refractivity contribution in [2.24, 2.45) is 0 Å². The molecule has 0 spiro atoms. The predicted molar refractivity (Wildman–Crippen MR) is 101 cm³/mol. The molecular formula is C20H29N3O.